The van der Waals surface area contributed by atoms with Crippen molar-refractivity contribution in [1.82, 2.24) is 9.97 Å². The Hall–Kier alpha value is -3.18. The van der Waals surface area contributed by atoms with Crippen molar-refractivity contribution >= 4 is 39.7 Å². The van der Waals surface area contributed by atoms with Crippen LogP contribution in [-0.4, -0.2) is 9.97 Å². The van der Waals surface area contributed by atoms with Crippen molar-refractivity contribution in [2.24, 2.45) is 0 Å². The minimum absolute atomic E-state index is 0.0732. The molecular formula is C22H18ClFN4. The molecule has 0 saturated carbocycles. The smallest absolute Gasteiger partial charge is 0.141 e. The summed E-state index contributed by atoms with van der Waals surface area (Å²) in [4.78, 5) is 8.85. The summed E-state index contributed by atoms with van der Waals surface area (Å²) in [6.07, 6.45) is 3.44. The quantitative estimate of drug-likeness (QED) is 0.416. The standard InChI is InChI=1S/C22H18ClFN4/c1-14(15-5-3-2-4-6-15)27-22-12-17-20(9-10-25-21(17)13-26-22)28-16-7-8-19(24)18(23)11-16/h2-14H,1H3,(H,25,28)(H,26,27)/t14-/m1/s1. The molecule has 0 bridgehead atoms. The van der Waals surface area contributed by atoms with Crippen molar-refractivity contribution in [1.29, 1.82) is 0 Å². The highest BCUT2D eigenvalue weighted by Gasteiger charge is 2.09. The lowest BCUT2D eigenvalue weighted by molar-refractivity contribution is 0.628. The van der Waals surface area contributed by atoms with Crippen LogP contribution in [0, 0.1) is 5.82 Å². The Kier molecular flexibility index (Phi) is 5.08. The van der Waals surface area contributed by atoms with Crippen LogP contribution in [0.25, 0.3) is 10.9 Å². The van der Waals surface area contributed by atoms with Crippen molar-refractivity contribution in [3.63, 3.8) is 0 Å². The molecule has 4 nitrogen and oxygen atoms in total. The van der Waals surface area contributed by atoms with Crippen molar-refractivity contribution < 1.29 is 4.39 Å². The SMILES string of the molecule is C[C@@H](Nc1cc2c(Nc3ccc(F)c(Cl)c3)ccnc2cn1)c1ccccc1. The summed E-state index contributed by atoms with van der Waals surface area (Å²) in [6, 6.07) is 18.6. The molecule has 0 unspecified atom stereocenters. The molecule has 4 aromatic rings. The molecule has 0 fully saturated rings. The van der Waals surface area contributed by atoms with Crippen LogP contribution in [0.3, 0.4) is 0 Å². The van der Waals surface area contributed by atoms with Crippen LogP contribution < -0.4 is 10.6 Å². The normalized spacial score (nSPS) is 12.0. The third-order valence-electron chi connectivity index (χ3n) is 4.49. The minimum Gasteiger partial charge on any atom is -0.364 e. The van der Waals surface area contributed by atoms with E-state index in [1.165, 1.54) is 11.6 Å². The van der Waals surface area contributed by atoms with Gasteiger partial charge in [-0.25, -0.2) is 9.37 Å². The molecule has 140 valence electrons. The van der Waals surface area contributed by atoms with Crippen LogP contribution in [0.2, 0.25) is 5.02 Å². The number of nitrogens with one attached hydrogen (secondary N) is 2. The number of pyridine rings is 2. The Labute approximate surface area is 167 Å². The lowest BCUT2D eigenvalue weighted by Gasteiger charge is -2.16. The van der Waals surface area contributed by atoms with Gasteiger partial charge in [0.25, 0.3) is 0 Å². The highest BCUT2D eigenvalue weighted by Crippen LogP contribution is 2.29. The second-order valence-electron chi connectivity index (χ2n) is 6.48. The lowest BCUT2D eigenvalue weighted by Crippen LogP contribution is -2.07. The highest BCUT2D eigenvalue weighted by atomic mass is 35.5. The second kappa shape index (κ2) is 7.82. The molecule has 0 radical (unpaired) electrons. The van der Waals surface area contributed by atoms with Crippen molar-refractivity contribution in [2.45, 2.75) is 13.0 Å². The van der Waals surface area contributed by atoms with Gasteiger partial charge in [-0.3, -0.25) is 4.98 Å². The van der Waals surface area contributed by atoms with Crippen LogP contribution in [0.1, 0.15) is 18.5 Å². The fourth-order valence-corrected chi connectivity index (χ4v) is 3.19. The van der Waals surface area contributed by atoms with Gasteiger partial charge in [-0.15, -0.1) is 0 Å². The number of benzene rings is 2. The van der Waals surface area contributed by atoms with E-state index in [4.69, 9.17) is 11.6 Å². The van der Waals surface area contributed by atoms with Gasteiger partial charge >= 0.3 is 0 Å². The van der Waals surface area contributed by atoms with E-state index < -0.39 is 5.82 Å². The van der Waals surface area contributed by atoms with Gasteiger partial charge in [0, 0.05) is 29.0 Å². The molecule has 0 aliphatic heterocycles. The van der Waals surface area contributed by atoms with E-state index in [0.717, 1.165) is 22.4 Å². The van der Waals surface area contributed by atoms with Crippen LogP contribution in [-0.2, 0) is 0 Å². The summed E-state index contributed by atoms with van der Waals surface area (Å²) in [7, 11) is 0. The summed E-state index contributed by atoms with van der Waals surface area (Å²) < 4.78 is 13.4. The predicted molar refractivity (Wildman–Crippen MR) is 113 cm³/mol. The summed E-state index contributed by atoms with van der Waals surface area (Å²) >= 11 is 5.89. The van der Waals surface area contributed by atoms with E-state index in [2.05, 4.69) is 39.7 Å². The molecule has 2 heterocycles. The molecule has 0 amide bonds. The van der Waals surface area contributed by atoms with Crippen LogP contribution in [0.15, 0.2) is 73.1 Å². The number of rotatable bonds is 5. The van der Waals surface area contributed by atoms with Gasteiger partial charge in [-0.05, 0) is 42.8 Å². The largest absolute Gasteiger partial charge is 0.364 e. The van der Waals surface area contributed by atoms with Crippen molar-refractivity contribution in [3.05, 3.63) is 89.5 Å². The molecular weight excluding hydrogens is 375 g/mol. The highest BCUT2D eigenvalue weighted by molar-refractivity contribution is 6.31. The molecule has 0 aliphatic carbocycles. The first-order chi connectivity index (χ1) is 13.6. The molecule has 0 spiro atoms. The zero-order chi connectivity index (χ0) is 19.5. The Bertz CT molecular complexity index is 1120. The molecule has 2 aromatic heterocycles. The average molecular weight is 393 g/mol. The third kappa shape index (κ3) is 3.89. The van der Waals surface area contributed by atoms with E-state index in [-0.39, 0.29) is 11.1 Å². The van der Waals surface area contributed by atoms with Crippen LogP contribution >= 0.6 is 11.6 Å². The predicted octanol–water partition coefficient (Wildman–Crippen LogP) is 6.34. The number of fused-ring (bicyclic) bond motifs is 1. The van der Waals surface area contributed by atoms with Gasteiger partial charge in [-0.1, -0.05) is 41.9 Å². The van der Waals surface area contributed by atoms with Gasteiger partial charge < -0.3 is 10.6 Å². The summed E-state index contributed by atoms with van der Waals surface area (Å²) in [6.45, 7) is 2.09. The van der Waals surface area contributed by atoms with Gasteiger partial charge in [0.2, 0.25) is 0 Å². The van der Waals surface area contributed by atoms with Gasteiger partial charge in [0.15, 0.2) is 0 Å². The molecule has 28 heavy (non-hydrogen) atoms. The van der Waals surface area contributed by atoms with Crippen molar-refractivity contribution in [3.8, 4) is 0 Å². The maximum Gasteiger partial charge on any atom is 0.141 e. The maximum atomic E-state index is 13.4. The molecule has 0 saturated heterocycles. The molecule has 6 heteroatoms. The first-order valence-corrected chi connectivity index (χ1v) is 9.26. The molecule has 4 rings (SSSR count). The number of anilines is 3. The topological polar surface area (TPSA) is 49.8 Å². The van der Waals surface area contributed by atoms with E-state index in [1.54, 1.807) is 24.5 Å². The fraction of sp³-hybridized carbons (Fsp3) is 0.0909. The van der Waals surface area contributed by atoms with Crippen LogP contribution in [0.5, 0.6) is 0 Å². The first-order valence-electron chi connectivity index (χ1n) is 8.88. The average Bonchev–Trinajstić information content (AvgIpc) is 2.72. The van der Waals surface area contributed by atoms with Gasteiger partial charge in [0.1, 0.15) is 11.6 Å². The van der Waals surface area contributed by atoms with Crippen LogP contribution in [0.4, 0.5) is 21.6 Å². The number of hydrogen-bond donors (Lipinski definition) is 2. The summed E-state index contributed by atoms with van der Waals surface area (Å²) in [5, 5.41) is 7.68. The van der Waals surface area contributed by atoms with Crippen molar-refractivity contribution in [2.75, 3.05) is 10.6 Å². The Morgan fingerprint density at radius 1 is 1.00 bits per heavy atom. The summed E-state index contributed by atoms with van der Waals surface area (Å²) in [5.74, 6) is 0.300. The van der Waals surface area contributed by atoms with E-state index >= 15 is 0 Å². The van der Waals surface area contributed by atoms with E-state index in [0.29, 0.717) is 5.69 Å². The summed E-state index contributed by atoms with van der Waals surface area (Å²) in [5.41, 5.74) is 3.47. The van der Waals surface area contributed by atoms with Gasteiger partial charge in [-0.2, -0.15) is 0 Å². The number of hydrogen-bond acceptors (Lipinski definition) is 4. The van der Waals surface area contributed by atoms with E-state index in [9.17, 15) is 4.39 Å². The Morgan fingerprint density at radius 2 is 1.82 bits per heavy atom. The van der Waals surface area contributed by atoms with Gasteiger partial charge in [0.05, 0.1) is 16.7 Å². The number of aromatic nitrogens is 2. The molecule has 0 aliphatic rings. The number of nitrogens with zero attached hydrogens (tertiary/aromatic N) is 2. The zero-order valence-electron chi connectivity index (χ0n) is 15.2. The zero-order valence-corrected chi connectivity index (χ0v) is 15.9. The lowest BCUT2D eigenvalue weighted by atomic mass is 10.1. The Balaban J connectivity index is 1.64. The third-order valence-corrected chi connectivity index (χ3v) is 4.78. The first kappa shape index (κ1) is 18.2. The maximum absolute atomic E-state index is 13.4. The second-order valence-corrected chi connectivity index (χ2v) is 6.88. The van der Waals surface area contributed by atoms with E-state index in [1.807, 2.05) is 30.3 Å². The molecule has 1 atom stereocenters. The monoisotopic (exact) mass is 392 g/mol. The fourth-order valence-electron chi connectivity index (χ4n) is 3.01. The minimum atomic E-state index is -0.447. The Morgan fingerprint density at radius 3 is 2.61 bits per heavy atom. The number of halogens is 2. The molecule has 2 N–H and O–H groups in total. The molecule has 2 aromatic carbocycles.